The molecule has 0 heterocycles. The van der Waals surface area contributed by atoms with Crippen LogP contribution in [0.15, 0.2) is 24.3 Å². The van der Waals surface area contributed by atoms with E-state index in [4.69, 9.17) is 5.73 Å². The summed E-state index contributed by atoms with van der Waals surface area (Å²) in [6, 6.07) is 6.40. The smallest absolute Gasteiger partial charge is 0.269 e. The maximum atomic E-state index is 10.4. The summed E-state index contributed by atoms with van der Waals surface area (Å²) >= 11 is 0. The highest BCUT2D eigenvalue weighted by molar-refractivity contribution is 5.48. The van der Waals surface area contributed by atoms with Crippen molar-refractivity contribution in [3.63, 3.8) is 0 Å². The van der Waals surface area contributed by atoms with Crippen LogP contribution in [-0.4, -0.2) is 17.0 Å². The van der Waals surface area contributed by atoms with Gasteiger partial charge in [-0.25, -0.2) is 0 Å². The summed E-state index contributed by atoms with van der Waals surface area (Å²) in [4.78, 5) is 10.0. The van der Waals surface area contributed by atoms with Gasteiger partial charge in [-0.3, -0.25) is 10.1 Å². The van der Waals surface area contributed by atoms with Gasteiger partial charge < -0.3 is 11.1 Å². The number of benzene rings is 1. The second-order valence-electron chi connectivity index (χ2n) is 4.37. The Balaban J connectivity index is 1.92. The van der Waals surface area contributed by atoms with Gasteiger partial charge in [0.1, 0.15) is 0 Å². The van der Waals surface area contributed by atoms with Gasteiger partial charge in [0.2, 0.25) is 0 Å². The predicted molar refractivity (Wildman–Crippen MR) is 62.4 cm³/mol. The molecule has 1 saturated carbocycles. The SMILES string of the molecule is NC1(CNc2ccc([N+](=O)[O-])cc2)CCC1. The van der Waals surface area contributed by atoms with Crippen molar-refractivity contribution in [2.75, 3.05) is 11.9 Å². The first kappa shape index (κ1) is 10.9. The first-order valence-corrected chi connectivity index (χ1v) is 5.36. The van der Waals surface area contributed by atoms with Crippen molar-refractivity contribution in [1.82, 2.24) is 0 Å². The Morgan fingerprint density at radius 1 is 1.38 bits per heavy atom. The largest absolute Gasteiger partial charge is 0.383 e. The molecule has 3 N–H and O–H groups in total. The number of nitrogens with two attached hydrogens (primary N) is 1. The number of rotatable bonds is 4. The van der Waals surface area contributed by atoms with Crippen LogP contribution in [0.1, 0.15) is 19.3 Å². The molecule has 0 bridgehead atoms. The number of nitrogens with zero attached hydrogens (tertiary/aromatic N) is 1. The number of nitro benzene ring substituents is 1. The summed E-state index contributed by atoms with van der Waals surface area (Å²) in [5, 5.41) is 13.7. The predicted octanol–water partition coefficient (Wildman–Crippen LogP) is 1.89. The Kier molecular flexibility index (Phi) is 2.78. The maximum absolute atomic E-state index is 10.4. The van der Waals surface area contributed by atoms with E-state index in [9.17, 15) is 10.1 Å². The molecule has 0 saturated heterocycles. The average Bonchev–Trinajstić information content (AvgIpc) is 2.24. The molecular weight excluding hydrogens is 206 g/mol. The molecule has 0 amide bonds. The van der Waals surface area contributed by atoms with E-state index in [0.717, 1.165) is 25.1 Å². The number of hydrogen-bond acceptors (Lipinski definition) is 4. The highest BCUT2D eigenvalue weighted by Crippen LogP contribution is 2.29. The molecule has 0 aliphatic heterocycles. The van der Waals surface area contributed by atoms with Crippen LogP contribution in [0, 0.1) is 10.1 Å². The lowest BCUT2D eigenvalue weighted by Gasteiger charge is -2.38. The lowest BCUT2D eigenvalue weighted by molar-refractivity contribution is -0.384. The van der Waals surface area contributed by atoms with Crippen LogP contribution in [0.5, 0.6) is 0 Å². The van der Waals surface area contributed by atoms with E-state index in [-0.39, 0.29) is 11.2 Å². The van der Waals surface area contributed by atoms with Gasteiger partial charge in [-0.2, -0.15) is 0 Å². The molecule has 0 unspecified atom stereocenters. The molecule has 86 valence electrons. The zero-order chi connectivity index (χ0) is 11.6. The Labute approximate surface area is 93.8 Å². The van der Waals surface area contributed by atoms with Crippen LogP contribution in [0.2, 0.25) is 0 Å². The summed E-state index contributed by atoms with van der Waals surface area (Å²) in [5.41, 5.74) is 6.96. The molecule has 0 atom stereocenters. The van der Waals surface area contributed by atoms with Gasteiger partial charge in [-0.15, -0.1) is 0 Å². The molecule has 5 heteroatoms. The Hall–Kier alpha value is -1.62. The molecule has 0 spiro atoms. The van der Waals surface area contributed by atoms with Gasteiger partial charge >= 0.3 is 0 Å². The van der Waals surface area contributed by atoms with Gasteiger partial charge in [0.25, 0.3) is 5.69 Å². The number of nitro groups is 1. The third-order valence-corrected chi connectivity index (χ3v) is 3.07. The number of anilines is 1. The van der Waals surface area contributed by atoms with Gasteiger partial charge in [0.05, 0.1) is 4.92 Å². The summed E-state index contributed by atoms with van der Waals surface area (Å²) in [7, 11) is 0. The van der Waals surface area contributed by atoms with Gasteiger partial charge in [0, 0.05) is 29.9 Å². The highest BCUT2D eigenvalue weighted by atomic mass is 16.6. The van der Waals surface area contributed by atoms with Crippen molar-refractivity contribution in [2.24, 2.45) is 5.73 Å². The molecule has 1 aliphatic carbocycles. The van der Waals surface area contributed by atoms with Crippen LogP contribution in [0.3, 0.4) is 0 Å². The zero-order valence-electron chi connectivity index (χ0n) is 8.98. The van der Waals surface area contributed by atoms with E-state index in [1.54, 1.807) is 12.1 Å². The minimum Gasteiger partial charge on any atom is -0.383 e. The van der Waals surface area contributed by atoms with Crippen LogP contribution < -0.4 is 11.1 Å². The third kappa shape index (κ3) is 2.30. The molecule has 1 aromatic carbocycles. The van der Waals surface area contributed by atoms with E-state index >= 15 is 0 Å². The summed E-state index contributed by atoms with van der Waals surface area (Å²) in [6.07, 6.45) is 3.29. The summed E-state index contributed by atoms with van der Waals surface area (Å²) in [5.74, 6) is 0. The Morgan fingerprint density at radius 2 is 2.00 bits per heavy atom. The van der Waals surface area contributed by atoms with Crippen molar-refractivity contribution in [1.29, 1.82) is 0 Å². The van der Waals surface area contributed by atoms with Crippen molar-refractivity contribution < 1.29 is 4.92 Å². The van der Waals surface area contributed by atoms with Gasteiger partial charge in [-0.1, -0.05) is 0 Å². The van der Waals surface area contributed by atoms with E-state index in [1.807, 2.05) is 0 Å². The standard InChI is InChI=1S/C11H15N3O2/c12-11(6-1-7-11)8-13-9-2-4-10(5-3-9)14(15)16/h2-5,13H,1,6-8,12H2. The number of non-ortho nitro benzene ring substituents is 1. The van der Waals surface area contributed by atoms with Crippen molar-refractivity contribution in [2.45, 2.75) is 24.8 Å². The molecule has 0 radical (unpaired) electrons. The van der Waals surface area contributed by atoms with E-state index in [1.165, 1.54) is 18.6 Å². The highest BCUT2D eigenvalue weighted by Gasteiger charge is 2.31. The fraction of sp³-hybridized carbons (Fsp3) is 0.455. The molecule has 0 aromatic heterocycles. The van der Waals surface area contributed by atoms with E-state index < -0.39 is 4.92 Å². The molecule has 5 nitrogen and oxygen atoms in total. The third-order valence-electron chi connectivity index (χ3n) is 3.07. The van der Waals surface area contributed by atoms with E-state index in [0.29, 0.717) is 0 Å². The minimum absolute atomic E-state index is 0.0816. The Morgan fingerprint density at radius 3 is 2.44 bits per heavy atom. The lowest BCUT2D eigenvalue weighted by Crippen LogP contribution is -2.51. The molecule has 1 aliphatic rings. The summed E-state index contributed by atoms with van der Waals surface area (Å²) < 4.78 is 0. The fourth-order valence-electron chi connectivity index (χ4n) is 1.79. The fourth-order valence-corrected chi connectivity index (χ4v) is 1.79. The molecule has 1 aromatic rings. The van der Waals surface area contributed by atoms with Gasteiger partial charge in [-0.05, 0) is 31.4 Å². The first-order chi connectivity index (χ1) is 7.59. The topological polar surface area (TPSA) is 81.2 Å². The quantitative estimate of drug-likeness (QED) is 0.601. The summed E-state index contributed by atoms with van der Waals surface area (Å²) in [6.45, 7) is 0.727. The Bertz CT molecular complexity index is 385. The van der Waals surface area contributed by atoms with Crippen molar-refractivity contribution in [3.05, 3.63) is 34.4 Å². The van der Waals surface area contributed by atoms with Crippen LogP contribution >= 0.6 is 0 Å². The normalized spacial score (nSPS) is 17.6. The number of nitrogens with one attached hydrogen (secondary N) is 1. The monoisotopic (exact) mass is 221 g/mol. The lowest BCUT2D eigenvalue weighted by atomic mass is 9.78. The van der Waals surface area contributed by atoms with Crippen LogP contribution in [0.25, 0.3) is 0 Å². The van der Waals surface area contributed by atoms with Crippen LogP contribution in [-0.2, 0) is 0 Å². The van der Waals surface area contributed by atoms with Crippen molar-refractivity contribution in [3.8, 4) is 0 Å². The molecule has 2 rings (SSSR count). The zero-order valence-corrected chi connectivity index (χ0v) is 8.98. The minimum atomic E-state index is -0.403. The molecular formula is C11H15N3O2. The van der Waals surface area contributed by atoms with Crippen molar-refractivity contribution >= 4 is 11.4 Å². The van der Waals surface area contributed by atoms with E-state index in [2.05, 4.69) is 5.32 Å². The maximum Gasteiger partial charge on any atom is 0.269 e. The number of hydrogen-bond donors (Lipinski definition) is 2. The van der Waals surface area contributed by atoms with Gasteiger partial charge in [0.15, 0.2) is 0 Å². The average molecular weight is 221 g/mol. The molecule has 16 heavy (non-hydrogen) atoms. The molecule has 1 fully saturated rings. The van der Waals surface area contributed by atoms with Crippen LogP contribution in [0.4, 0.5) is 11.4 Å². The second-order valence-corrected chi connectivity index (χ2v) is 4.37. The first-order valence-electron chi connectivity index (χ1n) is 5.36. The second kappa shape index (κ2) is 4.09.